The van der Waals surface area contributed by atoms with E-state index in [-0.39, 0.29) is 17.6 Å². The van der Waals surface area contributed by atoms with Crippen molar-refractivity contribution in [1.29, 1.82) is 0 Å². The smallest absolute Gasteiger partial charge is 0.270 e. The number of rotatable bonds is 4. The van der Waals surface area contributed by atoms with Gasteiger partial charge in [-0.2, -0.15) is 0 Å². The number of likely N-dealkylation sites (tertiary alicyclic amines) is 1. The minimum absolute atomic E-state index is 0.00159. The van der Waals surface area contributed by atoms with Crippen molar-refractivity contribution in [2.75, 3.05) is 6.54 Å². The lowest BCUT2D eigenvalue weighted by molar-refractivity contribution is -0.384. The van der Waals surface area contributed by atoms with E-state index in [9.17, 15) is 14.9 Å². The average molecular weight is 327 g/mol. The van der Waals surface area contributed by atoms with Gasteiger partial charge in [0.15, 0.2) is 0 Å². The SMILES string of the molecule is Cc1cc(C2CCCN2C(=O)C=Cc2cccc([N+](=O)[O-])c2)no1. The van der Waals surface area contributed by atoms with Crippen LogP contribution in [0.2, 0.25) is 0 Å². The van der Waals surface area contributed by atoms with Gasteiger partial charge in [-0.3, -0.25) is 14.9 Å². The lowest BCUT2D eigenvalue weighted by Gasteiger charge is -2.21. The van der Waals surface area contributed by atoms with E-state index in [2.05, 4.69) is 5.16 Å². The molecule has 3 rings (SSSR count). The third-order valence-corrected chi connectivity index (χ3v) is 4.02. The molecule has 1 saturated heterocycles. The number of carbonyl (C=O) groups excluding carboxylic acids is 1. The summed E-state index contributed by atoms with van der Waals surface area (Å²) in [6, 6.07) is 7.94. The van der Waals surface area contributed by atoms with E-state index >= 15 is 0 Å². The standard InChI is InChI=1S/C17H17N3O4/c1-12-10-15(18-24-12)16-6-3-9-19(16)17(21)8-7-13-4-2-5-14(11-13)20(22)23/h2,4-5,7-8,10-11,16H,3,6,9H2,1H3. The van der Waals surface area contributed by atoms with E-state index in [1.807, 2.05) is 13.0 Å². The van der Waals surface area contributed by atoms with Crippen LogP contribution in [-0.2, 0) is 4.79 Å². The Hall–Kier alpha value is -2.96. The van der Waals surface area contributed by atoms with Crippen LogP contribution in [0, 0.1) is 17.0 Å². The minimum Gasteiger partial charge on any atom is -0.361 e. The zero-order chi connectivity index (χ0) is 17.1. The molecule has 124 valence electrons. The summed E-state index contributed by atoms with van der Waals surface area (Å²) in [6.07, 6.45) is 4.80. The molecule has 1 aliphatic heterocycles. The summed E-state index contributed by atoms with van der Waals surface area (Å²) in [5.74, 6) is 0.584. The maximum absolute atomic E-state index is 12.5. The van der Waals surface area contributed by atoms with Crippen molar-refractivity contribution in [3.8, 4) is 0 Å². The molecule has 0 radical (unpaired) electrons. The number of aromatic nitrogens is 1. The van der Waals surface area contributed by atoms with Gasteiger partial charge < -0.3 is 9.42 Å². The second kappa shape index (κ2) is 6.66. The minimum atomic E-state index is -0.456. The largest absolute Gasteiger partial charge is 0.361 e. The highest BCUT2D eigenvalue weighted by molar-refractivity contribution is 5.92. The molecule has 7 heteroatoms. The summed E-state index contributed by atoms with van der Waals surface area (Å²) in [5.41, 5.74) is 1.38. The topological polar surface area (TPSA) is 89.5 Å². The first-order valence-corrected chi connectivity index (χ1v) is 7.71. The van der Waals surface area contributed by atoms with Crippen LogP contribution in [0.3, 0.4) is 0 Å². The molecule has 1 atom stereocenters. The van der Waals surface area contributed by atoms with Crippen molar-refractivity contribution >= 4 is 17.7 Å². The van der Waals surface area contributed by atoms with Gasteiger partial charge in [0.1, 0.15) is 11.5 Å². The second-order valence-electron chi connectivity index (χ2n) is 5.74. The van der Waals surface area contributed by atoms with E-state index in [0.717, 1.165) is 24.3 Å². The van der Waals surface area contributed by atoms with Crippen LogP contribution in [0.25, 0.3) is 6.08 Å². The highest BCUT2D eigenvalue weighted by Gasteiger charge is 2.30. The number of carbonyl (C=O) groups is 1. The van der Waals surface area contributed by atoms with Gasteiger partial charge >= 0.3 is 0 Å². The Morgan fingerprint density at radius 2 is 2.29 bits per heavy atom. The van der Waals surface area contributed by atoms with Gasteiger partial charge in [-0.15, -0.1) is 0 Å². The molecule has 1 amide bonds. The highest BCUT2D eigenvalue weighted by atomic mass is 16.6. The molecule has 1 aromatic carbocycles. The maximum Gasteiger partial charge on any atom is 0.270 e. The van der Waals surface area contributed by atoms with E-state index in [1.54, 1.807) is 23.1 Å². The summed E-state index contributed by atoms with van der Waals surface area (Å²) in [5, 5.41) is 14.8. The number of hydrogen-bond donors (Lipinski definition) is 0. The number of nitrogens with zero attached hydrogens (tertiary/aromatic N) is 3. The Labute approximate surface area is 138 Å². The summed E-state index contributed by atoms with van der Waals surface area (Å²) >= 11 is 0. The Bertz CT molecular complexity index is 797. The zero-order valence-corrected chi connectivity index (χ0v) is 13.2. The predicted octanol–water partition coefficient (Wildman–Crippen LogP) is 3.27. The van der Waals surface area contributed by atoms with E-state index in [0.29, 0.717) is 12.1 Å². The number of nitro groups is 1. The van der Waals surface area contributed by atoms with E-state index in [4.69, 9.17) is 4.52 Å². The molecule has 1 aliphatic rings. The molecule has 0 N–H and O–H groups in total. The summed E-state index contributed by atoms with van der Waals surface area (Å²) < 4.78 is 5.10. The quantitative estimate of drug-likeness (QED) is 0.488. The molecule has 1 fully saturated rings. The van der Waals surface area contributed by atoms with Crippen LogP contribution in [-0.4, -0.2) is 27.4 Å². The van der Waals surface area contributed by atoms with Gasteiger partial charge in [0.25, 0.3) is 5.69 Å². The van der Waals surface area contributed by atoms with Crippen molar-refractivity contribution in [3.63, 3.8) is 0 Å². The van der Waals surface area contributed by atoms with Crippen LogP contribution in [0.5, 0.6) is 0 Å². The monoisotopic (exact) mass is 327 g/mol. The zero-order valence-electron chi connectivity index (χ0n) is 13.2. The average Bonchev–Trinajstić information content (AvgIpc) is 3.21. The number of non-ortho nitro benzene ring substituents is 1. The molecule has 0 saturated carbocycles. The van der Waals surface area contributed by atoms with Crippen molar-refractivity contribution in [1.82, 2.24) is 10.1 Å². The first-order chi connectivity index (χ1) is 11.5. The molecule has 2 heterocycles. The van der Waals surface area contributed by atoms with Crippen molar-refractivity contribution in [3.05, 3.63) is 63.5 Å². The molecule has 0 aliphatic carbocycles. The molecule has 1 aromatic heterocycles. The fourth-order valence-electron chi connectivity index (χ4n) is 2.89. The Kier molecular flexibility index (Phi) is 4.41. The summed E-state index contributed by atoms with van der Waals surface area (Å²) in [4.78, 5) is 24.6. The third-order valence-electron chi connectivity index (χ3n) is 4.02. The molecule has 0 bridgehead atoms. The van der Waals surface area contributed by atoms with Crippen LogP contribution in [0.1, 0.15) is 35.9 Å². The summed E-state index contributed by atoms with van der Waals surface area (Å²) in [6.45, 7) is 2.48. The Balaban J connectivity index is 1.74. The number of benzene rings is 1. The first-order valence-electron chi connectivity index (χ1n) is 7.71. The lowest BCUT2D eigenvalue weighted by Crippen LogP contribution is -2.29. The molecular weight excluding hydrogens is 310 g/mol. The highest BCUT2D eigenvalue weighted by Crippen LogP contribution is 2.31. The Morgan fingerprint density at radius 3 is 3.00 bits per heavy atom. The van der Waals surface area contributed by atoms with Crippen LogP contribution >= 0.6 is 0 Å². The van der Waals surface area contributed by atoms with Crippen LogP contribution in [0.4, 0.5) is 5.69 Å². The fourth-order valence-corrected chi connectivity index (χ4v) is 2.89. The van der Waals surface area contributed by atoms with E-state index in [1.165, 1.54) is 18.2 Å². The molecule has 2 aromatic rings. The number of aryl methyl sites for hydroxylation is 1. The first kappa shape index (κ1) is 15.9. The molecule has 0 spiro atoms. The van der Waals surface area contributed by atoms with Crippen LogP contribution in [0.15, 0.2) is 40.9 Å². The third kappa shape index (κ3) is 3.34. The fraction of sp³-hybridized carbons (Fsp3) is 0.294. The lowest BCUT2D eigenvalue weighted by atomic mass is 10.1. The van der Waals surface area contributed by atoms with Gasteiger partial charge in [0.2, 0.25) is 5.91 Å². The molecule has 7 nitrogen and oxygen atoms in total. The number of nitro benzene ring substituents is 1. The van der Waals surface area contributed by atoms with Crippen LogP contribution < -0.4 is 0 Å². The molecular formula is C17H17N3O4. The van der Waals surface area contributed by atoms with Crippen molar-refractivity contribution in [2.45, 2.75) is 25.8 Å². The Morgan fingerprint density at radius 1 is 1.46 bits per heavy atom. The van der Waals surface area contributed by atoms with Gasteiger partial charge in [-0.05, 0) is 31.4 Å². The maximum atomic E-state index is 12.5. The van der Waals surface area contributed by atoms with Crippen molar-refractivity contribution in [2.24, 2.45) is 0 Å². The molecule has 24 heavy (non-hydrogen) atoms. The van der Waals surface area contributed by atoms with E-state index < -0.39 is 4.92 Å². The normalized spacial score (nSPS) is 17.5. The van der Waals surface area contributed by atoms with Crippen molar-refractivity contribution < 1.29 is 14.2 Å². The number of hydrogen-bond acceptors (Lipinski definition) is 5. The number of amides is 1. The second-order valence-corrected chi connectivity index (χ2v) is 5.74. The molecule has 1 unspecified atom stereocenters. The van der Waals surface area contributed by atoms with Gasteiger partial charge in [0.05, 0.1) is 11.0 Å². The predicted molar refractivity (Wildman–Crippen MR) is 87.1 cm³/mol. The van der Waals surface area contributed by atoms with Gasteiger partial charge in [-0.1, -0.05) is 17.3 Å². The van der Waals surface area contributed by atoms with Gasteiger partial charge in [0, 0.05) is 30.8 Å². The van der Waals surface area contributed by atoms with Gasteiger partial charge in [-0.25, -0.2) is 0 Å². The summed E-state index contributed by atoms with van der Waals surface area (Å²) in [7, 11) is 0.